The Bertz CT molecular complexity index is 501. The Labute approximate surface area is 105 Å². The zero-order valence-corrected chi connectivity index (χ0v) is 10.2. The maximum atomic E-state index is 6.31. The predicted molar refractivity (Wildman–Crippen MR) is 68.0 cm³/mol. The molecule has 3 nitrogen and oxygen atoms in total. The van der Waals surface area contributed by atoms with Gasteiger partial charge in [-0.25, -0.2) is 4.98 Å². The maximum absolute atomic E-state index is 6.31. The Morgan fingerprint density at radius 3 is 2.71 bits per heavy atom. The van der Waals surface area contributed by atoms with Crippen molar-refractivity contribution in [3.8, 4) is 11.4 Å². The lowest BCUT2D eigenvalue weighted by molar-refractivity contribution is 0.723. The standard InChI is InChI=1S/C13H14ClN3/c14-12-7-10(9-3-1-2-4-9)5-6-11(12)13-15-8-16-17-13/h5-9H,1-4H2,(H,15,16,17). The van der Waals surface area contributed by atoms with Crippen molar-refractivity contribution in [2.75, 3.05) is 0 Å². The van der Waals surface area contributed by atoms with Crippen molar-refractivity contribution in [3.63, 3.8) is 0 Å². The number of hydrogen-bond acceptors (Lipinski definition) is 2. The van der Waals surface area contributed by atoms with Gasteiger partial charge in [0.1, 0.15) is 6.33 Å². The van der Waals surface area contributed by atoms with Crippen molar-refractivity contribution < 1.29 is 0 Å². The summed E-state index contributed by atoms with van der Waals surface area (Å²) in [6.07, 6.45) is 6.82. The fraction of sp³-hybridized carbons (Fsp3) is 0.385. The smallest absolute Gasteiger partial charge is 0.182 e. The van der Waals surface area contributed by atoms with E-state index in [2.05, 4.69) is 27.3 Å². The van der Waals surface area contributed by atoms with Gasteiger partial charge in [-0.15, -0.1) is 0 Å². The van der Waals surface area contributed by atoms with Gasteiger partial charge in [-0.05, 0) is 36.5 Å². The van der Waals surface area contributed by atoms with Gasteiger partial charge in [0.15, 0.2) is 5.82 Å². The summed E-state index contributed by atoms with van der Waals surface area (Å²) in [5, 5.41) is 7.50. The van der Waals surface area contributed by atoms with E-state index in [0.29, 0.717) is 11.7 Å². The molecule has 1 saturated carbocycles. The maximum Gasteiger partial charge on any atom is 0.182 e. The van der Waals surface area contributed by atoms with Gasteiger partial charge in [0.25, 0.3) is 0 Å². The van der Waals surface area contributed by atoms with Gasteiger partial charge in [0.2, 0.25) is 0 Å². The van der Waals surface area contributed by atoms with E-state index >= 15 is 0 Å². The Kier molecular flexibility index (Phi) is 2.85. The highest BCUT2D eigenvalue weighted by molar-refractivity contribution is 6.33. The van der Waals surface area contributed by atoms with E-state index < -0.39 is 0 Å². The van der Waals surface area contributed by atoms with Crippen LogP contribution < -0.4 is 0 Å². The van der Waals surface area contributed by atoms with E-state index in [9.17, 15) is 0 Å². The van der Waals surface area contributed by atoms with Crippen molar-refractivity contribution in [2.45, 2.75) is 31.6 Å². The molecule has 17 heavy (non-hydrogen) atoms. The summed E-state index contributed by atoms with van der Waals surface area (Å²) in [5.41, 5.74) is 2.25. The molecule has 1 aliphatic rings. The molecule has 0 aliphatic heterocycles. The number of halogens is 1. The third-order valence-electron chi connectivity index (χ3n) is 3.48. The summed E-state index contributed by atoms with van der Waals surface area (Å²) in [6, 6.07) is 6.26. The second-order valence-corrected chi connectivity index (χ2v) is 4.95. The minimum absolute atomic E-state index is 0.660. The number of H-pyrrole nitrogens is 1. The highest BCUT2D eigenvalue weighted by Crippen LogP contribution is 2.36. The molecule has 1 aromatic carbocycles. The number of nitrogens with one attached hydrogen (secondary N) is 1. The first-order valence-corrected chi connectivity index (χ1v) is 6.38. The molecule has 0 atom stereocenters. The third-order valence-corrected chi connectivity index (χ3v) is 3.79. The number of benzene rings is 1. The molecule has 1 aliphatic carbocycles. The average molecular weight is 248 g/mol. The van der Waals surface area contributed by atoms with Crippen molar-refractivity contribution in [1.82, 2.24) is 15.2 Å². The molecule has 3 rings (SSSR count). The quantitative estimate of drug-likeness (QED) is 0.877. The lowest BCUT2D eigenvalue weighted by atomic mass is 9.96. The van der Waals surface area contributed by atoms with Gasteiger partial charge >= 0.3 is 0 Å². The van der Waals surface area contributed by atoms with Crippen LogP contribution in [-0.4, -0.2) is 15.2 Å². The zero-order valence-electron chi connectivity index (χ0n) is 9.49. The monoisotopic (exact) mass is 247 g/mol. The van der Waals surface area contributed by atoms with Gasteiger partial charge in [-0.1, -0.05) is 30.5 Å². The zero-order chi connectivity index (χ0) is 11.7. The van der Waals surface area contributed by atoms with Gasteiger partial charge in [-0.2, -0.15) is 5.10 Å². The molecule has 0 bridgehead atoms. The Morgan fingerprint density at radius 1 is 1.24 bits per heavy atom. The minimum Gasteiger partial charge on any atom is -0.265 e. The van der Waals surface area contributed by atoms with Gasteiger partial charge in [-0.3, -0.25) is 5.10 Å². The van der Waals surface area contributed by atoms with Crippen LogP contribution in [0, 0.1) is 0 Å². The molecule has 88 valence electrons. The molecule has 1 heterocycles. The topological polar surface area (TPSA) is 41.6 Å². The summed E-state index contributed by atoms with van der Waals surface area (Å²) in [5.74, 6) is 1.35. The molecule has 1 fully saturated rings. The average Bonchev–Trinajstić information content (AvgIpc) is 3.02. The van der Waals surface area contributed by atoms with Crippen molar-refractivity contribution in [3.05, 3.63) is 35.1 Å². The second-order valence-electron chi connectivity index (χ2n) is 4.54. The molecule has 0 spiro atoms. The van der Waals surface area contributed by atoms with Crippen LogP contribution in [0.2, 0.25) is 5.02 Å². The molecular weight excluding hydrogens is 234 g/mol. The fourth-order valence-corrected chi connectivity index (χ4v) is 2.84. The Morgan fingerprint density at radius 2 is 2.06 bits per heavy atom. The van der Waals surface area contributed by atoms with Crippen LogP contribution in [-0.2, 0) is 0 Å². The summed E-state index contributed by atoms with van der Waals surface area (Å²) in [7, 11) is 0. The first-order valence-electron chi connectivity index (χ1n) is 6.00. The molecule has 0 saturated heterocycles. The van der Waals surface area contributed by atoms with Crippen LogP contribution in [0.25, 0.3) is 11.4 Å². The number of hydrogen-bond donors (Lipinski definition) is 1. The predicted octanol–water partition coefficient (Wildman–Crippen LogP) is 3.78. The molecule has 2 aromatic rings. The summed E-state index contributed by atoms with van der Waals surface area (Å²) < 4.78 is 0. The highest BCUT2D eigenvalue weighted by Gasteiger charge is 2.18. The molecule has 0 amide bonds. The van der Waals surface area contributed by atoms with Crippen molar-refractivity contribution >= 4 is 11.6 Å². The van der Waals surface area contributed by atoms with Crippen LogP contribution in [0.15, 0.2) is 24.5 Å². The second kappa shape index (κ2) is 4.49. The summed E-state index contributed by atoms with van der Waals surface area (Å²) >= 11 is 6.31. The van der Waals surface area contributed by atoms with E-state index in [1.54, 1.807) is 6.33 Å². The lowest BCUT2D eigenvalue weighted by Crippen LogP contribution is -1.93. The highest BCUT2D eigenvalue weighted by atomic mass is 35.5. The van der Waals surface area contributed by atoms with E-state index in [0.717, 1.165) is 10.6 Å². The fourth-order valence-electron chi connectivity index (χ4n) is 2.56. The first kappa shape index (κ1) is 10.8. The Balaban J connectivity index is 1.94. The van der Waals surface area contributed by atoms with Gasteiger partial charge < -0.3 is 0 Å². The van der Waals surface area contributed by atoms with Crippen LogP contribution in [0.4, 0.5) is 0 Å². The van der Waals surface area contributed by atoms with E-state index in [4.69, 9.17) is 11.6 Å². The largest absolute Gasteiger partial charge is 0.265 e. The van der Waals surface area contributed by atoms with Gasteiger partial charge in [0, 0.05) is 5.56 Å². The number of rotatable bonds is 2. The molecule has 4 heteroatoms. The van der Waals surface area contributed by atoms with Crippen LogP contribution in [0.1, 0.15) is 37.2 Å². The summed E-state index contributed by atoms with van der Waals surface area (Å²) in [4.78, 5) is 4.12. The minimum atomic E-state index is 0.660. The Hall–Kier alpha value is -1.35. The summed E-state index contributed by atoms with van der Waals surface area (Å²) in [6.45, 7) is 0. The molecule has 1 N–H and O–H groups in total. The first-order chi connectivity index (χ1) is 8.34. The molecular formula is C13H14ClN3. The van der Waals surface area contributed by atoms with Crippen molar-refractivity contribution in [1.29, 1.82) is 0 Å². The number of nitrogens with zero attached hydrogens (tertiary/aromatic N) is 2. The van der Waals surface area contributed by atoms with Crippen molar-refractivity contribution in [2.24, 2.45) is 0 Å². The van der Waals surface area contributed by atoms with E-state index in [-0.39, 0.29) is 0 Å². The molecule has 0 unspecified atom stereocenters. The number of aromatic amines is 1. The van der Waals surface area contributed by atoms with Crippen LogP contribution in [0.5, 0.6) is 0 Å². The SMILES string of the molecule is Clc1cc(C2CCCC2)ccc1-c1nc[nH]n1. The third kappa shape index (κ3) is 2.07. The number of aromatic nitrogens is 3. The normalized spacial score (nSPS) is 16.5. The lowest BCUT2D eigenvalue weighted by Gasteiger charge is -2.10. The molecule has 0 radical (unpaired) electrons. The van der Waals surface area contributed by atoms with Crippen LogP contribution in [0.3, 0.4) is 0 Å². The van der Waals surface area contributed by atoms with Gasteiger partial charge in [0.05, 0.1) is 5.02 Å². The van der Waals surface area contributed by atoms with E-state index in [1.165, 1.54) is 31.2 Å². The van der Waals surface area contributed by atoms with Crippen LogP contribution >= 0.6 is 11.6 Å². The van der Waals surface area contributed by atoms with E-state index in [1.807, 2.05) is 6.07 Å². The molecule has 1 aromatic heterocycles.